The van der Waals surface area contributed by atoms with Crippen molar-refractivity contribution < 1.29 is 22.8 Å². The molecule has 8 nitrogen and oxygen atoms in total. The van der Waals surface area contributed by atoms with Crippen LogP contribution in [0.3, 0.4) is 0 Å². The Morgan fingerprint density at radius 1 is 1.07 bits per heavy atom. The smallest absolute Gasteiger partial charge is 0.265 e. The van der Waals surface area contributed by atoms with Gasteiger partial charge in [0, 0.05) is 30.0 Å². The molecule has 0 atom stereocenters. The lowest BCUT2D eigenvalue weighted by molar-refractivity contribution is -0.139. The molecule has 1 aliphatic heterocycles. The van der Waals surface area contributed by atoms with Crippen molar-refractivity contribution in [1.82, 2.24) is 9.62 Å². The van der Waals surface area contributed by atoms with Gasteiger partial charge in [0.05, 0.1) is 17.7 Å². The number of carbonyl (C=O) groups excluding carboxylic acids is 3. The van der Waals surface area contributed by atoms with Crippen LogP contribution >= 0.6 is 11.3 Å². The zero-order valence-electron chi connectivity index (χ0n) is 15.8. The lowest BCUT2D eigenvalue weighted by atomic mass is 10.2. The molecule has 1 fully saturated rings. The van der Waals surface area contributed by atoms with Gasteiger partial charge in [0.1, 0.15) is 0 Å². The molecule has 0 spiro atoms. The number of carbonyl (C=O) groups is 3. The van der Waals surface area contributed by atoms with E-state index in [9.17, 15) is 22.8 Å². The fraction of sp³-hybridized carbons (Fsp3) is 0.316. The van der Waals surface area contributed by atoms with Crippen LogP contribution in [0, 0.1) is 0 Å². The minimum atomic E-state index is -3.23. The van der Waals surface area contributed by atoms with Crippen molar-refractivity contribution in [3.05, 3.63) is 51.7 Å². The molecule has 1 aromatic carbocycles. The van der Waals surface area contributed by atoms with Gasteiger partial charge in [-0.1, -0.05) is 12.1 Å². The van der Waals surface area contributed by atoms with Gasteiger partial charge in [0.15, 0.2) is 0 Å². The average Bonchev–Trinajstić information content (AvgIpc) is 3.24. The first kappa shape index (κ1) is 21.2. The van der Waals surface area contributed by atoms with Crippen LogP contribution < -0.4 is 10.0 Å². The fourth-order valence-corrected chi connectivity index (χ4v) is 4.24. The molecule has 1 aromatic heterocycles. The van der Waals surface area contributed by atoms with Crippen LogP contribution in [0.5, 0.6) is 0 Å². The van der Waals surface area contributed by atoms with E-state index >= 15 is 0 Å². The third-order valence-electron chi connectivity index (χ3n) is 4.33. The third-order valence-corrected chi connectivity index (χ3v) is 6.20. The van der Waals surface area contributed by atoms with E-state index in [-0.39, 0.29) is 43.7 Å². The van der Waals surface area contributed by atoms with Crippen molar-refractivity contribution >= 4 is 44.8 Å². The summed E-state index contributed by atoms with van der Waals surface area (Å²) in [5.74, 6) is -0.574. The summed E-state index contributed by atoms with van der Waals surface area (Å²) in [5.41, 5.74) is 1.41. The number of benzene rings is 1. The number of rotatable bonds is 8. The molecule has 2 N–H and O–H groups in total. The fourth-order valence-electron chi connectivity index (χ4n) is 2.86. The molecule has 2 heterocycles. The molecule has 3 amide bonds. The van der Waals surface area contributed by atoms with Gasteiger partial charge in [-0.05, 0) is 36.2 Å². The molecule has 0 unspecified atom stereocenters. The second-order valence-corrected chi connectivity index (χ2v) is 9.71. The summed E-state index contributed by atoms with van der Waals surface area (Å²) in [5, 5.41) is 2.80. The number of sulfonamides is 1. The summed E-state index contributed by atoms with van der Waals surface area (Å²) in [4.78, 5) is 38.5. The van der Waals surface area contributed by atoms with Crippen LogP contribution in [0.4, 0.5) is 5.69 Å². The number of imide groups is 1. The van der Waals surface area contributed by atoms with Crippen LogP contribution in [0.1, 0.15) is 33.0 Å². The normalized spacial score (nSPS) is 14.4. The molecular weight excluding hydrogens is 414 g/mol. The maximum Gasteiger partial charge on any atom is 0.265 e. The topological polar surface area (TPSA) is 113 Å². The summed E-state index contributed by atoms with van der Waals surface area (Å²) in [6.07, 6.45) is 2.14. The molecule has 0 saturated carbocycles. The summed E-state index contributed by atoms with van der Waals surface area (Å²) >= 11 is 1.31. The summed E-state index contributed by atoms with van der Waals surface area (Å²) in [7, 11) is -3.23. The van der Waals surface area contributed by atoms with Gasteiger partial charge in [-0.15, -0.1) is 11.3 Å². The number of nitrogens with zero attached hydrogens (tertiary/aromatic N) is 1. The first-order valence-corrected chi connectivity index (χ1v) is 11.7. The number of anilines is 1. The number of likely N-dealkylation sites (tertiary alicyclic amines) is 1. The van der Waals surface area contributed by atoms with Gasteiger partial charge in [0.2, 0.25) is 21.8 Å². The second kappa shape index (κ2) is 8.85. The molecule has 154 valence electrons. The van der Waals surface area contributed by atoms with Crippen LogP contribution in [-0.4, -0.2) is 43.8 Å². The van der Waals surface area contributed by atoms with E-state index in [0.717, 1.165) is 16.7 Å². The van der Waals surface area contributed by atoms with E-state index in [4.69, 9.17) is 0 Å². The maximum atomic E-state index is 12.4. The summed E-state index contributed by atoms with van der Waals surface area (Å²) < 4.78 is 24.6. The molecule has 1 aliphatic rings. The van der Waals surface area contributed by atoms with Gasteiger partial charge in [-0.2, -0.15) is 0 Å². The highest BCUT2D eigenvalue weighted by molar-refractivity contribution is 7.88. The van der Waals surface area contributed by atoms with Gasteiger partial charge in [-0.3, -0.25) is 19.3 Å². The van der Waals surface area contributed by atoms with Crippen molar-refractivity contribution in [3.63, 3.8) is 0 Å². The Bertz CT molecular complexity index is 1010. The van der Waals surface area contributed by atoms with Crippen LogP contribution in [0.25, 0.3) is 0 Å². The zero-order chi connectivity index (χ0) is 21.0. The van der Waals surface area contributed by atoms with E-state index in [1.165, 1.54) is 16.2 Å². The van der Waals surface area contributed by atoms with Gasteiger partial charge in [0.25, 0.3) is 5.91 Å². The Hall–Kier alpha value is -2.56. The van der Waals surface area contributed by atoms with E-state index in [2.05, 4.69) is 10.0 Å². The Labute approximate surface area is 173 Å². The second-order valence-electron chi connectivity index (χ2n) is 6.71. The van der Waals surface area contributed by atoms with E-state index in [1.54, 1.807) is 36.4 Å². The molecule has 10 heteroatoms. The Balaban J connectivity index is 1.54. The lowest BCUT2D eigenvalue weighted by Gasteiger charge is -2.14. The Morgan fingerprint density at radius 3 is 2.34 bits per heavy atom. The van der Waals surface area contributed by atoms with Crippen molar-refractivity contribution in [2.75, 3.05) is 18.1 Å². The van der Waals surface area contributed by atoms with Crippen molar-refractivity contribution in [3.8, 4) is 0 Å². The van der Waals surface area contributed by atoms with Crippen molar-refractivity contribution in [1.29, 1.82) is 0 Å². The van der Waals surface area contributed by atoms with Gasteiger partial charge >= 0.3 is 0 Å². The van der Waals surface area contributed by atoms with E-state index in [0.29, 0.717) is 17.0 Å². The van der Waals surface area contributed by atoms with E-state index in [1.807, 2.05) is 0 Å². The van der Waals surface area contributed by atoms with Gasteiger partial charge in [-0.25, -0.2) is 13.1 Å². The Morgan fingerprint density at radius 2 is 1.72 bits per heavy atom. The average molecular weight is 436 g/mol. The minimum absolute atomic E-state index is 0.160. The predicted octanol–water partition coefficient (Wildman–Crippen LogP) is 1.74. The van der Waals surface area contributed by atoms with Crippen LogP contribution in [-0.2, 0) is 32.6 Å². The number of hydrogen-bond acceptors (Lipinski definition) is 6. The van der Waals surface area contributed by atoms with Gasteiger partial charge < -0.3 is 5.32 Å². The molecule has 3 rings (SSSR count). The van der Waals surface area contributed by atoms with E-state index < -0.39 is 10.0 Å². The van der Waals surface area contributed by atoms with Crippen molar-refractivity contribution in [2.45, 2.75) is 25.8 Å². The SMILES string of the molecule is CS(=O)(=O)NCCc1ccc(C(=O)Nc2ccc(CN3C(=O)CCC3=O)cc2)s1. The monoisotopic (exact) mass is 435 g/mol. The van der Waals surface area contributed by atoms with Crippen LogP contribution in [0.2, 0.25) is 0 Å². The number of amides is 3. The standard InChI is InChI=1S/C19H21N3O5S2/c1-29(26,27)20-11-10-15-6-7-16(28-15)19(25)21-14-4-2-13(3-5-14)12-22-17(23)8-9-18(22)24/h2-7,20H,8-12H2,1H3,(H,21,25). The molecular formula is C19H21N3O5S2. The minimum Gasteiger partial charge on any atom is -0.321 e. The van der Waals surface area contributed by atoms with Crippen molar-refractivity contribution in [2.24, 2.45) is 0 Å². The number of hydrogen-bond donors (Lipinski definition) is 2. The molecule has 2 aromatic rings. The summed E-state index contributed by atoms with van der Waals surface area (Å²) in [6.45, 7) is 0.519. The largest absolute Gasteiger partial charge is 0.321 e. The van der Waals surface area contributed by atoms with Crippen LogP contribution in [0.15, 0.2) is 36.4 Å². The lowest BCUT2D eigenvalue weighted by Crippen LogP contribution is -2.28. The molecule has 0 radical (unpaired) electrons. The number of thiophene rings is 1. The molecule has 29 heavy (non-hydrogen) atoms. The third kappa shape index (κ3) is 5.96. The first-order chi connectivity index (χ1) is 13.7. The maximum absolute atomic E-state index is 12.4. The molecule has 0 aliphatic carbocycles. The highest BCUT2D eigenvalue weighted by atomic mass is 32.2. The predicted molar refractivity (Wildman–Crippen MR) is 110 cm³/mol. The first-order valence-electron chi connectivity index (χ1n) is 8.98. The zero-order valence-corrected chi connectivity index (χ0v) is 17.4. The Kier molecular flexibility index (Phi) is 6.46. The molecule has 1 saturated heterocycles. The number of nitrogens with one attached hydrogen (secondary N) is 2. The molecule has 0 bridgehead atoms. The summed E-state index contributed by atoms with van der Waals surface area (Å²) in [6, 6.07) is 10.5. The quantitative estimate of drug-likeness (QED) is 0.614. The highest BCUT2D eigenvalue weighted by Gasteiger charge is 2.28. The highest BCUT2D eigenvalue weighted by Crippen LogP contribution is 2.20.